The van der Waals surface area contributed by atoms with Gasteiger partial charge in [-0.2, -0.15) is 4.98 Å². The summed E-state index contributed by atoms with van der Waals surface area (Å²) in [5.74, 6) is 0.117. The van der Waals surface area contributed by atoms with Crippen LogP contribution in [0.5, 0.6) is 11.6 Å². The second-order valence-corrected chi connectivity index (χ2v) is 9.07. The summed E-state index contributed by atoms with van der Waals surface area (Å²) in [6.07, 6.45) is 2.65. The highest BCUT2D eigenvalue weighted by Crippen LogP contribution is 2.27. The van der Waals surface area contributed by atoms with Crippen molar-refractivity contribution in [3.8, 4) is 11.6 Å². The monoisotopic (exact) mass is 464 g/mol. The van der Waals surface area contributed by atoms with Gasteiger partial charge in [0.05, 0.1) is 11.8 Å². The first-order valence-corrected chi connectivity index (χ1v) is 11.7. The molecule has 10 heteroatoms. The summed E-state index contributed by atoms with van der Waals surface area (Å²) in [7, 11) is -3.29. The summed E-state index contributed by atoms with van der Waals surface area (Å²) in [6.45, 7) is 0.171. The molecule has 1 aromatic heterocycles. The van der Waals surface area contributed by atoms with Gasteiger partial charge in [0, 0.05) is 24.5 Å². The molecule has 0 aliphatic carbocycles. The Morgan fingerprint density at radius 2 is 1.88 bits per heavy atom. The Morgan fingerprint density at radius 3 is 2.67 bits per heavy atom. The Bertz CT molecular complexity index is 1440. The number of hydrogen-bond acceptors (Lipinski definition) is 7. The summed E-state index contributed by atoms with van der Waals surface area (Å²) in [6, 6.07) is 19.0. The second kappa shape index (κ2) is 9.23. The number of nitrogens with zero attached hydrogens (tertiary/aromatic N) is 2. The highest BCUT2D eigenvalue weighted by molar-refractivity contribution is 7.88. The van der Waals surface area contributed by atoms with Crippen molar-refractivity contribution >= 4 is 38.4 Å². The van der Waals surface area contributed by atoms with Gasteiger partial charge in [0.25, 0.3) is 0 Å². The predicted molar refractivity (Wildman–Crippen MR) is 124 cm³/mol. The van der Waals surface area contributed by atoms with Gasteiger partial charge in [-0.15, -0.1) is 0 Å². The molecule has 0 radical (unpaired) electrons. The van der Waals surface area contributed by atoms with E-state index in [1.54, 1.807) is 60.8 Å². The third kappa shape index (κ3) is 5.82. The molecule has 0 unspecified atom stereocenters. The molecule has 0 saturated heterocycles. The molecule has 0 fully saturated rings. The van der Waals surface area contributed by atoms with Crippen molar-refractivity contribution in [2.45, 2.75) is 6.54 Å². The van der Waals surface area contributed by atoms with Gasteiger partial charge in [0.15, 0.2) is 0 Å². The van der Waals surface area contributed by atoms with Crippen molar-refractivity contribution in [1.29, 1.82) is 0 Å². The number of aromatic nitrogens is 2. The Kier molecular flexibility index (Phi) is 6.20. The van der Waals surface area contributed by atoms with Crippen LogP contribution in [0, 0.1) is 0 Å². The third-order valence-corrected chi connectivity index (χ3v) is 5.33. The fraction of sp³-hybridized carbons (Fsp3) is 0.0870. The summed E-state index contributed by atoms with van der Waals surface area (Å²) >= 11 is 0. The minimum atomic E-state index is -3.29. The van der Waals surface area contributed by atoms with Crippen LogP contribution in [0.2, 0.25) is 0 Å². The van der Waals surface area contributed by atoms with Gasteiger partial charge in [0.2, 0.25) is 21.9 Å². The quantitative estimate of drug-likeness (QED) is 0.358. The van der Waals surface area contributed by atoms with E-state index in [1.807, 2.05) is 12.1 Å². The normalized spacial score (nSPS) is 11.3. The minimum absolute atomic E-state index is 0.171. The first-order valence-electron chi connectivity index (χ1n) is 9.84. The predicted octanol–water partition coefficient (Wildman–Crippen LogP) is 3.91. The zero-order valence-corrected chi connectivity index (χ0v) is 18.3. The van der Waals surface area contributed by atoms with Gasteiger partial charge in [0.1, 0.15) is 5.75 Å². The summed E-state index contributed by atoms with van der Waals surface area (Å²) in [4.78, 5) is 19.9. The number of aromatic carboxylic acids is 1. The number of rotatable bonds is 8. The Morgan fingerprint density at radius 1 is 1.06 bits per heavy atom. The number of fused-ring (bicyclic) bond motifs is 1. The maximum atomic E-state index is 11.4. The zero-order chi connectivity index (χ0) is 23.4. The number of nitrogens with one attached hydrogen (secondary N) is 2. The molecule has 33 heavy (non-hydrogen) atoms. The van der Waals surface area contributed by atoms with E-state index in [4.69, 9.17) is 4.74 Å². The number of ether oxygens (including phenoxy) is 1. The Balaban J connectivity index is 1.50. The number of benzene rings is 3. The highest BCUT2D eigenvalue weighted by Gasteiger charge is 2.10. The fourth-order valence-electron chi connectivity index (χ4n) is 3.19. The molecule has 9 nitrogen and oxygen atoms in total. The lowest BCUT2D eigenvalue weighted by Gasteiger charge is -2.10. The molecule has 4 rings (SSSR count). The van der Waals surface area contributed by atoms with Crippen LogP contribution in [0.3, 0.4) is 0 Å². The number of carbonyl (C=O) groups is 1. The molecule has 0 atom stereocenters. The number of sulfonamides is 1. The lowest BCUT2D eigenvalue weighted by atomic mass is 10.0. The van der Waals surface area contributed by atoms with Crippen molar-refractivity contribution in [3.63, 3.8) is 0 Å². The van der Waals surface area contributed by atoms with Gasteiger partial charge in [-0.1, -0.05) is 24.3 Å². The standard InChI is InChI=1S/C23H20N4O5S/c1-33(30,31)25-14-15-4-2-6-17(12-15)26-23-24-11-10-21(27-23)32-18-8-9-19-16(13-18)5-3-7-20(19)22(28)29/h2-13,25H,14H2,1H3,(H,28,29)(H,24,26,27). The van der Waals surface area contributed by atoms with Crippen molar-refractivity contribution in [2.24, 2.45) is 0 Å². The first-order chi connectivity index (χ1) is 15.8. The number of anilines is 2. The topological polar surface area (TPSA) is 131 Å². The van der Waals surface area contributed by atoms with Crippen molar-refractivity contribution < 1.29 is 23.1 Å². The van der Waals surface area contributed by atoms with E-state index in [9.17, 15) is 18.3 Å². The van der Waals surface area contributed by atoms with Crippen LogP contribution in [0.1, 0.15) is 15.9 Å². The van der Waals surface area contributed by atoms with E-state index in [-0.39, 0.29) is 12.1 Å². The van der Waals surface area contributed by atoms with E-state index < -0.39 is 16.0 Å². The molecule has 0 aliphatic rings. The lowest BCUT2D eigenvalue weighted by molar-refractivity contribution is 0.0699. The highest BCUT2D eigenvalue weighted by atomic mass is 32.2. The van der Waals surface area contributed by atoms with Crippen LogP contribution < -0.4 is 14.8 Å². The molecule has 0 aliphatic heterocycles. The average molecular weight is 465 g/mol. The van der Waals surface area contributed by atoms with Crippen LogP contribution in [0.4, 0.5) is 11.6 Å². The fourth-order valence-corrected chi connectivity index (χ4v) is 3.62. The second-order valence-electron chi connectivity index (χ2n) is 7.23. The average Bonchev–Trinajstić information content (AvgIpc) is 2.77. The summed E-state index contributed by atoms with van der Waals surface area (Å²) in [5, 5.41) is 13.8. The third-order valence-electron chi connectivity index (χ3n) is 4.66. The van der Waals surface area contributed by atoms with E-state index in [2.05, 4.69) is 20.0 Å². The van der Waals surface area contributed by atoms with Crippen molar-refractivity contribution in [3.05, 3.63) is 84.1 Å². The summed E-state index contributed by atoms with van der Waals surface area (Å²) in [5.41, 5.74) is 1.68. The van der Waals surface area contributed by atoms with E-state index in [1.165, 1.54) is 0 Å². The maximum absolute atomic E-state index is 11.4. The van der Waals surface area contributed by atoms with E-state index in [0.29, 0.717) is 28.7 Å². The minimum Gasteiger partial charge on any atom is -0.478 e. The maximum Gasteiger partial charge on any atom is 0.336 e. The van der Waals surface area contributed by atoms with Crippen molar-refractivity contribution in [2.75, 3.05) is 11.6 Å². The number of hydrogen-bond donors (Lipinski definition) is 3. The van der Waals surface area contributed by atoms with Gasteiger partial charge in [-0.3, -0.25) is 0 Å². The smallest absolute Gasteiger partial charge is 0.336 e. The van der Waals surface area contributed by atoms with Gasteiger partial charge >= 0.3 is 5.97 Å². The van der Waals surface area contributed by atoms with Crippen LogP contribution >= 0.6 is 0 Å². The largest absolute Gasteiger partial charge is 0.478 e. The Labute approximate surface area is 190 Å². The molecule has 0 amide bonds. The molecule has 168 valence electrons. The molecule has 0 saturated carbocycles. The lowest BCUT2D eigenvalue weighted by Crippen LogP contribution is -2.21. The van der Waals surface area contributed by atoms with E-state index >= 15 is 0 Å². The SMILES string of the molecule is CS(=O)(=O)NCc1cccc(Nc2nccc(Oc3ccc4c(C(=O)O)cccc4c3)n2)c1. The van der Waals surface area contributed by atoms with Crippen LogP contribution in [0.25, 0.3) is 10.8 Å². The number of carboxylic acids is 1. The van der Waals surface area contributed by atoms with Gasteiger partial charge < -0.3 is 15.2 Å². The number of carboxylic acid groups (broad SMARTS) is 1. The first kappa shape index (κ1) is 22.2. The van der Waals surface area contributed by atoms with Crippen LogP contribution in [-0.2, 0) is 16.6 Å². The molecule has 0 bridgehead atoms. The summed E-state index contributed by atoms with van der Waals surface area (Å²) < 4.78 is 30.9. The zero-order valence-electron chi connectivity index (χ0n) is 17.5. The van der Waals surface area contributed by atoms with Gasteiger partial charge in [-0.25, -0.2) is 22.9 Å². The molecule has 1 heterocycles. The molecule has 0 spiro atoms. The molecule has 3 aromatic carbocycles. The van der Waals surface area contributed by atoms with Crippen LogP contribution in [0.15, 0.2) is 72.9 Å². The molecule has 3 N–H and O–H groups in total. The Hall–Kier alpha value is -4.02. The van der Waals surface area contributed by atoms with E-state index in [0.717, 1.165) is 17.2 Å². The van der Waals surface area contributed by atoms with Gasteiger partial charge in [-0.05, 0) is 52.7 Å². The molecule has 4 aromatic rings. The molecular weight excluding hydrogens is 444 g/mol. The van der Waals surface area contributed by atoms with Crippen LogP contribution in [-0.4, -0.2) is 35.7 Å². The molecular formula is C23H20N4O5S. The van der Waals surface area contributed by atoms with Crippen molar-refractivity contribution in [1.82, 2.24) is 14.7 Å².